The summed E-state index contributed by atoms with van der Waals surface area (Å²) in [6.45, 7) is 5.46. The van der Waals surface area contributed by atoms with Gasteiger partial charge in [0.05, 0.1) is 17.1 Å². The summed E-state index contributed by atoms with van der Waals surface area (Å²) in [7, 11) is -3.91. The number of aryl methyl sites for hydroxylation is 3. The first-order valence-electron chi connectivity index (χ1n) is 10.1. The summed E-state index contributed by atoms with van der Waals surface area (Å²) in [4.78, 5) is 13.2. The first-order valence-corrected chi connectivity index (χ1v) is 11.9. The molecule has 0 spiro atoms. The zero-order valence-electron chi connectivity index (χ0n) is 17.9. The van der Waals surface area contributed by atoms with Crippen LogP contribution >= 0.6 is 11.6 Å². The van der Waals surface area contributed by atoms with E-state index in [1.165, 1.54) is 4.31 Å². The predicted octanol–water partition coefficient (Wildman–Crippen LogP) is 4.86. The fraction of sp³-hybridized carbons (Fsp3) is 0.208. The Morgan fingerprint density at radius 1 is 1.00 bits per heavy atom. The Morgan fingerprint density at radius 2 is 1.69 bits per heavy atom. The van der Waals surface area contributed by atoms with Gasteiger partial charge in [-0.3, -0.25) is 9.10 Å². The van der Waals surface area contributed by atoms with Crippen LogP contribution in [0.15, 0.2) is 65.6 Å². The van der Waals surface area contributed by atoms with Crippen LogP contribution in [-0.4, -0.2) is 27.0 Å². The highest BCUT2D eigenvalue weighted by atomic mass is 35.5. The quantitative estimate of drug-likeness (QED) is 0.590. The minimum atomic E-state index is -3.91. The van der Waals surface area contributed by atoms with E-state index in [9.17, 15) is 13.2 Å². The lowest BCUT2D eigenvalue weighted by Gasteiger charge is -2.35. The maximum atomic E-state index is 13.5. The highest BCUT2D eigenvalue weighted by molar-refractivity contribution is 7.92. The third-order valence-electron chi connectivity index (χ3n) is 5.34. The summed E-state index contributed by atoms with van der Waals surface area (Å²) >= 11 is 6.06. The lowest BCUT2D eigenvalue weighted by atomic mass is 10.1. The van der Waals surface area contributed by atoms with E-state index < -0.39 is 22.0 Å². The normalized spacial score (nSPS) is 15.6. The van der Waals surface area contributed by atoms with Crippen molar-refractivity contribution in [2.45, 2.75) is 31.8 Å². The van der Waals surface area contributed by atoms with E-state index in [2.05, 4.69) is 5.32 Å². The van der Waals surface area contributed by atoms with Crippen LogP contribution in [0.2, 0.25) is 5.02 Å². The average Bonchev–Trinajstić information content (AvgIpc) is 2.75. The van der Waals surface area contributed by atoms with Crippen molar-refractivity contribution in [3.63, 3.8) is 0 Å². The number of hydrogen-bond donors (Lipinski definition) is 1. The fourth-order valence-electron chi connectivity index (χ4n) is 3.50. The van der Waals surface area contributed by atoms with E-state index in [0.717, 1.165) is 16.7 Å². The molecule has 0 fully saturated rings. The molecule has 1 aliphatic rings. The molecule has 0 saturated carbocycles. The minimum Gasteiger partial charge on any atom is -0.476 e. The van der Waals surface area contributed by atoms with Gasteiger partial charge in [-0.15, -0.1) is 0 Å². The van der Waals surface area contributed by atoms with Gasteiger partial charge in [0, 0.05) is 10.7 Å². The van der Waals surface area contributed by atoms with E-state index in [1.54, 1.807) is 54.6 Å². The second kappa shape index (κ2) is 8.48. The van der Waals surface area contributed by atoms with Gasteiger partial charge in [0.15, 0.2) is 6.10 Å². The molecule has 0 bridgehead atoms. The number of halogens is 1. The van der Waals surface area contributed by atoms with Crippen LogP contribution in [0.1, 0.15) is 16.7 Å². The lowest BCUT2D eigenvalue weighted by molar-refractivity contribution is -0.122. The fourth-order valence-corrected chi connectivity index (χ4v) is 5.15. The molecule has 0 unspecified atom stereocenters. The highest BCUT2D eigenvalue weighted by Gasteiger charge is 2.37. The molecule has 1 atom stereocenters. The Hall–Kier alpha value is -3.03. The molecule has 1 heterocycles. The molecule has 3 aromatic rings. The third kappa shape index (κ3) is 4.31. The summed E-state index contributed by atoms with van der Waals surface area (Å²) in [5.74, 6) is -0.110. The van der Waals surface area contributed by atoms with Crippen LogP contribution in [0, 0.1) is 20.8 Å². The molecule has 0 radical (unpaired) electrons. The molecule has 1 N–H and O–H groups in total. The van der Waals surface area contributed by atoms with Crippen molar-refractivity contribution in [3.05, 3.63) is 82.4 Å². The Bertz CT molecular complexity index is 1290. The number of carbonyl (C=O) groups is 1. The zero-order valence-corrected chi connectivity index (χ0v) is 19.5. The Morgan fingerprint density at radius 3 is 2.41 bits per heavy atom. The molecule has 8 heteroatoms. The van der Waals surface area contributed by atoms with E-state index in [4.69, 9.17) is 16.3 Å². The van der Waals surface area contributed by atoms with Crippen molar-refractivity contribution >= 4 is 38.9 Å². The highest BCUT2D eigenvalue weighted by Crippen LogP contribution is 2.38. The van der Waals surface area contributed by atoms with Crippen LogP contribution < -0.4 is 14.4 Å². The standard InChI is InChI=1S/C24H23ClN2O4S/c1-15-4-9-19(10-5-15)32(29,30)27-14-23(31-22-12-16(2)6-11-21(22)27)24(28)26-20-13-18(25)8-7-17(20)3/h4-13,23H,14H2,1-3H3,(H,26,28)/t23-/m0/s1. The van der Waals surface area contributed by atoms with Crippen LogP contribution in [0.5, 0.6) is 5.75 Å². The number of ether oxygens (including phenoxy) is 1. The van der Waals surface area contributed by atoms with E-state index in [-0.39, 0.29) is 11.4 Å². The number of sulfonamides is 1. The molecule has 4 rings (SSSR count). The van der Waals surface area contributed by atoms with Gasteiger partial charge in [-0.1, -0.05) is 41.4 Å². The van der Waals surface area contributed by atoms with E-state index >= 15 is 0 Å². The van der Waals surface area contributed by atoms with Crippen LogP contribution in [-0.2, 0) is 14.8 Å². The smallest absolute Gasteiger partial charge is 0.267 e. The van der Waals surface area contributed by atoms with Gasteiger partial charge >= 0.3 is 0 Å². The summed E-state index contributed by atoms with van der Waals surface area (Å²) in [5, 5.41) is 3.30. The van der Waals surface area contributed by atoms with Gasteiger partial charge in [-0.2, -0.15) is 0 Å². The number of nitrogens with zero attached hydrogens (tertiary/aromatic N) is 1. The zero-order chi connectivity index (χ0) is 23.0. The number of rotatable bonds is 4. The topological polar surface area (TPSA) is 75.7 Å². The van der Waals surface area contributed by atoms with Crippen molar-refractivity contribution in [2.75, 3.05) is 16.2 Å². The SMILES string of the molecule is Cc1ccc(S(=O)(=O)N2C[C@@H](C(=O)Nc3cc(Cl)ccc3C)Oc3cc(C)ccc32)cc1. The molecule has 166 valence electrons. The maximum absolute atomic E-state index is 13.5. The summed E-state index contributed by atoms with van der Waals surface area (Å²) in [6, 6.07) is 17.1. The van der Waals surface area contributed by atoms with E-state index in [0.29, 0.717) is 22.1 Å². The summed E-state index contributed by atoms with van der Waals surface area (Å²) in [5.41, 5.74) is 3.63. The lowest BCUT2D eigenvalue weighted by Crippen LogP contribution is -2.48. The molecule has 3 aromatic carbocycles. The summed E-state index contributed by atoms with van der Waals surface area (Å²) in [6.07, 6.45) is -1.04. The number of hydrogen-bond acceptors (Lipinski definition) is 4. The van der Waals surface area contributed by atoms with Crippen LogP contribution in [0.3, 0.4) is 0 Å². The first kappa shape index (κ1) is 22.2. The predicted molar refractivity (Wildman–Crippen MR) is 126 cm³/mol. The van der Waals surface area contributed by atoms with Crippen LogP contribution in [0.25, 0.3) is 0 Å². The van der Waals surface area contributed by atoms with Crippen molar-refractivity contribution in [3.8, 4) is 5.75 Å². The Labute approximate surface area is 192 Å². The van der Waals surface area contributed by atoms with Gasteiger partial charge in [-0.05, 0) is 68.3 Å². The van der Waals surface area contributed by atoms with Crippen molar-refractivity contribution in [1.82, 2.24) is 0 Å². The van der Waals surface area contributed by atoms with Gasteiger partial charge in [0.1, 0.15) is 5.75 Å². The summed E-state index contributed by atoms with van der Waals surface area (Å²) < 4.78 is 34.2. The average molecular weight is 471 g/mol. The van der Waals surface area contributed by atoms with Gasteiger partial charge < -0.3 is 10.1 Å². The number of fused-ring (bicyclic) bond motifs is 1. The largest absolute Gasteiger partial charge is 0.476 e. The van der Waals surface area contributed by atoms with Gasteiger partial charge in [0.25, 0.3) is 15.9 Å². The third-order valence-corrected chi connectivity index (χ3v) is 7.37. The molecule has 0 saturated heterocycles. The Kier molecular flexibility index (Phi) is 5.88. The number of benzene rings is 3. The van der Waals surface area contributed by atoms with Crippen molar-refractivity contribution in [2.24, 2.45) is 0 Å². The maximum Gasteiger partial charge on any atom is 0.267 e. The number of carbonyl (C=O) groups excluding carboxylic acids is 1. The second-order valence-corrected chi connectivity index (χ2v) is 10.2. The monoisotopic (exact) mass is 470 g/mol. The molecule has 32 heavy (non-hydrogen) atoms. The molecule has 1 amide bonds. The molecule has 0 aromatic heterocycles. The van der Waals surface area contributed by atoms with Gasteiger partial charge in [0.2, 0.25) is 0 Å². The number of amides is 1. The number of anilines is 2. The van der Waals surface area contributed by atoms with Crippen molar-refractivity contribution in [1.29, 1.82) is 0 Å². The van der Waals surface area contributed by atoms with Crippen LogP contribution in [0.4, 0.5) is 11.4 Å². The molecule has 0 aliphatic carbocycles. The van der Waals surface area contributed by atoms with Crippen molar-refractivity contribution < 1.29 is 17.9 Å². The molecular weight excluding hydrogens is 448 g/mol. The number of nitrogens with one attached hydrogen (secondary N) is 1. The first-order chi connectivity index (χ1) is 15.1. The second-order valence-electron chi connectivity index (χ2n) is 7.88. The Balaban J connectivity index is 1.70. The minimum absolute atomic E-state index is 0.154. The van der Waals surface area contributed by atoms with E-state index in [1.807, 2.05) is 26.8 Å². The molecule has 6 nitrogen and oxygen atoms in total. The van der Waals surface area contributed by atoms with Gasteiger partial charge in [-0.25, -0.2) is 8.42 Å². The molecule has 1 aliphatic heterocycles. The molecular formula is C24H23ClN2O4S.